The molecule has 0 atom stereocenters. The van der Waals surface area contributed by atoms with Crippen LogP contribution in [0.4, 0.5) is 0 Å². The van der Waals surface area contributed by atoms with Gasteiger partial charge in [0.1, 0.15) is 0 Å². The van der Waals surface area contributed by atoms with Crippen LogP contribution in [0, 0.1) is 0 Å². The lowest BCUT2D eigenvalue weighted by atomic mass is 10.1. The molecule has 1 heterocycles. The van der Waals surface area contributed by atoms with Gasteiger partial charge in [0.15, 0.2) is 9.84 Å². The van der Waals surface area contributed by atoms with Gasteiger partial charge in [-0.2, -0.15) is 5.11 Å². The average molecular weight is 179 g/mol. The fraction of sp³-hybridized carbons (Fsp3) is 1.00. The summed E-state index contributed by atoms with van der Waals surface area (Å²) in [5, 5.41) is 11.3. The number of ether oxygens (including phenoxy) is 1. The molecular formula is C6H11O4S. The molecule has 1 fully saturated rings. The van der Waals surface area contributed by atoms with Gasteiger partial charge in [0.25, 0.3) is 0 Å². The molecule has 0 bridgehead atoms. The summed E-state index contributed by atoms with van der Waals surface area (Å²) in [6, 6.07) is 0. The highest BCUT2D eigenvalue weighted by molar-refractivity contribution is 7.91. The van der Waals surface area contributed by atoms with Gasteiger partial charge in [0.2, 0.25) is 5.79 Å². The summed E-state index contributed by atoms with van der Waals surface area (Å²) in [5.74, 6) is -1.53. The summed E-state index contributed by atoms with van der Waals surface area (Å²) < 4.78 is 26.4. The lowest BCUT2D eigenvalue weighted by Crippen LogP contribution is -2.39. The van der Waals surface area contributed by atoms with E-state index in [1.165, 1.54) is 7.11 Å². The number of hydrogen-bond acceptors (Lipinski definition) is 3. The molecule has 1 saturated heterocycles. The van der Waals surface area contributed by atoms with Crippen molar-refractivity contribution in [3.8, 4) is 0 Å². The Labute approximate surface area is 66.1 Å². The SMILES string of the molecule is COC1([O])CCS(=O)(=O)CC1. The maximum absolute atomic E-state index is 11.3. The van der Waals surface area contributed by atoms with Crippen LogP contribution in [0.15, 0.2) is 0 Å². The van der Waals surface area contributed by atoms with Crippen molar-refractivity contribution in [2.75, 3.05) is 18.6 Å². The Balaban J connectivity index is 2.62. The van der Waals surface area contributed by atoms with Gasteiger partial charge >= 0.3 is 0 Å². The maximum Gasteiger partial charge on any atom is 0.203 e. The van der Waals surface area contributed by atoms with Gasteiger partial charge < -0.3 is 4.74 Å². The summed E-state index contributed by atoms with van der Waals surface area (Å²) in [6.45, 7) is 0. The van der Waals surface area contributed by atoms with Gasteiger partial charge in [-0.05, 0) is 0 Å². The molecule has 0 spiro atoms. The highest BCUT2D eigenvalue weighted by Gasteiger charge is 2.36. The van der Waals surface area contributed by atoms with E-state index in [-0.39, 0.29) is 24.3 Å². The maximum atomic E-state index is 11.3. The van der Waals surface area contributed by atoms with E-state index in [1.807, 2.05) is 0 Å². The van der Waals surface area contributed by atoms with E-state index < -0.39 is 15.6 Å². The lowest BCUT2D eigenvalue weighted by Gasteiger charge is -2.27. The second-order valence-electron chi connectivity index (χ2n) is 2.77. The number of methoxy groups -OCH3 is 1. The first-order chi connectivity index (χ1) is 4.97. The Hall–Kier alpha value is -0.130. The molecule has 0 aromatic heterocycles. The quantitative estimate of drug-likeness (QED) is 0.531. The third-order valence-electron chi connectivity index (χ3n) is 1.96. The van der Waals surface area contributed by atoms with Crippen LogP contribution < -0.4 is 0 Å². The minimum Gasteiger partial charge on any atom is -0.351 e. The fourth-order valence-electron chi connectivity index (χ4n) is 1.05. The molecular weight excluding hydrogens is 168 g/mol. The zero-order valence-corrected chi connectivity index (χ0v) is 7.19. The van der Waals surface area contributed by atoms with Crippen LogP contribution in [0.2, 0.25) is 0 Å². The molecule has 0 aromatic rings. The van der Waals surface area contributed by atoms with Crippen molar-refractivity contribution >= 4 is 9.84 Å². The van der Waals surface area contributed by atoms with Crippen LogP contribution in [0.3, 0.4) is 0 Å². The van der Waals surface area contributed by atoms with Gasteiger partial charge in [-0.15, -0.1) is 0 Å². The Morgan fingerprint density at radius 1 is 1.27 bits per heavy atom. The van der Waals surface area contributed by atoms with Gasteiger partial charge in [0, 0.05) is 20.0 Å². The molecule has 0 saturated carbocycles. The second-order valence-corrected chi connectivity index (χ2v) is 5.07. The smallest absolute Gasteiger partial charge is 0.203 e. The zero-order valence-electron chi connectivity index (χ0n) is 6.37. The Bertz CT molecular complexity index is 217. The first-order valence-electron chi connectivity index (χ1n) is 3.43. The second kappa shape index (κ2) is 2.73. The van der Waals surface area contributed by atoms with Crippen molar-refractivity contribution in [2.45, 2.75) is 18.6 Å². The van der Waals surface area contributed by atoms with E-state index in [1.54, 1.807) is 0 Å². The predicted molar refractivity (Wildman–Crippen MR) is 38.3 cm³/mol. The first-order valence-corrected chi connectivity index (χ1v) is 5.26. The zero-order chi connectivity index (χ0) is 8.54. The third-order valence-corrected chi connectivity index (χ3v) is 3.61. The van der Waals surface area contributed by atoms with Gasteiger partial charge in [-0.3, -0.25) is 0 Å². The predicted octanol–water partition coefficient (Wildman–Crippen LogP) is -0.0318. The van der Waals surface area contributed by atoms with Crippen molar-refractivity contribution < 1.29 is 18.3 Å². The van der Waals surface area contributed by atoms with Gasteiger partial charge in [-0.25, -0.2) is 8.42 Å². The number of hydrogen-bond donors (Lipinski definition) is 0. The van der Waals surface area contributed by atoms with Crippen molar-refractivity contribution in [2.24, 2.45) is 0 Å². The number of sulfone groups is 1. The summed E-state index contributed by atoms with van der Waals surface area (Å²) in [7, 11) is -1.62. The largest absolute Gasteiger partial charge is 0.351 e. The van der Waals surface area contributed by atoms with E-state index >= 15 is 0 Å². The minimum atomic E-state index is -2.94. The molecule has 0 aromatic carbocycles. The highest BCUT2D eigenvalue weighted by Crippen LogP contribution is 2.24. The van der Waals surface area contributed by atoms with Crippen LogP contribution in [0.1, 0.15) is 12.8 Å². The molecule has 65 valence electrons. The Morgan fingerprint density at radius 3 is 2.09 bits per heavy atom. The summed E-state index contributed by atoms with van der Waals surface area (Å²) in [5.41, 5.74) is 0. The van der Waals surface area contributed by atoms with Gasteiger partial charge in [-0.1, -0.05) is 0 Å². The molecule has 0 N–H and O–H groups in total. The molecule has 1 rings (SSSR count). The summed E-state index contributed by atoms with van der Waals surface area (Å²) >= 11 is 0. The van der Waals surface area contributed by atoms with Crippen LogP contribution >= 0.6 is 0 Å². The molecule has 1 radical (unpaired) electrons. The lowest BCUT2D eigenvalue weighted by molar-refractivity contribution is -0.228. The Kier molecular flexibility index (Phi) is 2.22. The van der Waals surface area contributed by atoms with E-state index in [4.69, 9.17) is 0 Å². The Morgan fingerprint density at radius 2 is 1.73 bits per heavy atom. The van der Waals surface area contributed by atoms with E-state index in [2.05, 4.69) is 4.74 Å². The number of rotatable bonds is 1. The summed E-state index contributed by atoms with van der Waals surface area (Å²) in [4.78, 5) is 0. The molecule has 5 heteroatoms. The topological polar surface area (TPSA) is 63.3 Å². The first kappa shape index (κ1) is 8.96. The van der Waals surface area contributed by atoms with Gasteiger partial charge in [0.05, 0.1) is 11.5 Å². The van der Waals surface area contributed by atoms with Crippen molar-refractivity contribution in [1.82, 2.24) is 0 Å². The van der Waals surface area contributed by atoms with Crippen LogP contribution in [0.5, 0.6) is 0 Å². The fourth-order valence-corrected chi connectivity index (χ4v) is 2.50. The standard InChI is InChI=1S/C6H11O4S/c1-10-6(7)2-4-11(8,9)5-3-6/h2-5H2,1H3. The third kappa shape index (κ3) is 2.15. The molecule has 1 aliphatic heterocycles. The van der Waals surface area contributed by atoms with Crippen LogP contribution in [-0.4, -0.2) is 32.8 Å². The average Bonchev–Trinajstić information content (AvgIpc) is 1.97. The van der Waals surface area contributed by atoms with Crippen molar-refractivity contribution in [3.63, 3.8) is 0 Å². The molecule has 0 aliphatic carbocycles. The molecule has 11 heavy (non-hydrogen) atoms. The van der Waals surface area contributed by atoms with E-state index in [0.717, 1.165) is 0 Å². The molecule has 0 amide bonds. The molecule has 4 nitrogen and oxygen atoms in total. The molecule has 1 aliphatic rings. The van der Waals surface area contributed by atoms with Crippen molar-refractivity contribution in [3.05, 3.63) is 0 Å². The van der Waals surface area contributed by atoms with E-state index in [9.17, 15) is 13.5 Å². The van der Waals surface area contributed by atoms with Crippen molar-refractivity contribution in [1.29, 1.82) is 0 Å². The summed E-state index contributed by atoms with van der Waals surface area (Å²) in [6.07, 6.45) is 0.150. The van der Waals surface area contributed by atoms with Crippen LogP contribution in [0.25, 0.3) is 0 Å². The van der Waals surface area contributed by atoms with Crippen LogP contribution in [-0.2, 0) is 19.7 Å². The monoisotopic (exact) mass is 179 g/mol. The molecule has 0 unspecified atom stereocenters. The normalized spacial score (nSPS) is 28.2. The minimum absolute atomic E-state index is 0.0374. The van der Waals surface area contributed by atoms with E-state index in [0.29, 0.717) is 0 Å². The highest BCUT2D eigenvalue weighted by atomic mass is 32.2.